The number of ether oxygens (including phenoxy) is 1. The van der Waals surface area contributed by atoms with Crippen molar-refractivity contribution in [3.8, 4) is 0 Å². The third-order valence-corrected chi connectivity index (χ3v) is 6.01. The highest BCUT2D eigenvalue weighted by Crippen LogP contribution is 2.22. The topological polar surface area (TPSA) is 54.8 Å². The summed E-state index contributed by atoms with van der Waals surface area (Å²) in [6.07, 6.45) is 0. The van der Waals surface area contributed by atoms with Gasteiger partial charge >= 0.3 is 0 Å². The molecular weight excluding hydrogens is 378 g/mol. The lowest BCUT2D eigenvalue weighted by Crippen LogP contribution is -2.48. The van der Waals surface area contributed by atoms with Crippen molar-refractivity contribution in [1.29, 1.82) is 0 Å². The summed E-state index contributed by atoms with van der Waals surface area (Å²) in [7, 11) is 1.70. The molecule has 0 aliphatic carbocycles. The van der Waals surface area contributed by atoms with Gasteiger partial charge in [0.25, 0.3) is 0 Å². The van der Waals surface area contributed by atoms with Gasteiger partial charge in [0.2, 0.25) is 0 Å². The molecule has 30 heavy (non-hydrogen) atoms. The molecule has 0 unspecified atom stereocenters. The fourth-order valence-electron chi connectivity index (χ4n) is 4.41. The van der Waals surface area contributed by atoms with Crippen LogP contribution in [0, 0.1) is 13.8 Å². The average molecular weight is 412 g/mol. The Bertz CT molecular complexity index is 893. The molecule has 0 amide bonds. The number of carbonyl (C=O) groups excluding carboxylic acids is 2. The van der Waals surface area contributed by atoms with Crippen LogP contribution in [0.15, 0.2) is 30.3 Å². The van der Waals surface area contributed by atoms with E-state index >= 15 is 0 Å². The third-order valence-electron chi connectivity index (χ3n) is 6.01. The highest BCUT2D eigenvalue weighted by atomic mass is 16.5. The summed E-state index contributed by atoms with van der Waals surface area (Å²) < 4.78 is 7.48. The molecule has 1 atom stereocenters. The second kappa shape index (κ2) is 9.58. The van der Waals surface area contributed by atoms with Crippen molar-refractivity contribution in [1.82, 2.24) is 9.47 Å². The van der Waals surface area contributed by atoms with Gasteiger partial charge < -0.3 is 14.2 Å². The summed E-state index contributed by atoms with van der Waals surface area (Å²) in [6, 6.07) is 9.99. The van der Waals surface area contributed by atoms with E-state index in [0.717, 1.165) is 54.4 Å². The van der Waals surface area contributed by atoms with E-state index in [9.17, 15) is 9.59 Å². The van der Waals surface area contributed by atoms with Crippen LogP contribution in [0.5, 0.6) is 0 Å². The summed E-state index contributed by atoms with van der Waals surface area (Å²) in [5.74, 6) is 0.263. The molecule has 1 saturated heterocycles. The summed E-state index contributed by atoms with van der Waals surface area (Å²) in [4.78, 5) is 29.0. The maximum atomic E-state index is 13.0. The first-order valence-corrected chi connectivity index (χ1v) is 10.6. The van der Waals surface area contributed by atoms with Gasteiger partial charge in [0.05, 0.1) is 19.2 Å². The molecule has 2 heterocycles. The molecule has 1 aliphatic heterocycles. The zero-order chi connectivity index (χ0) is 21.8. The van der Waals surface area contributed by atoms with Gasteiger partial charge in [0.15, 0.2) is 11.6 Å². The Kier molecular flexibility index (Phi) is 7.10. The van der Waals surface area contributed by atoms with Gasteiger partial charge in [-0.2, -0.15) is 0 Å². The minimum absolute atomic E-state index is 0.0841. The second-order valence-electron chi connectivity index (χ2n) is 8.25. The molecule has 3 rings (SSSR count). The van der Waals surface area contributed by atoms with Crippen LogP contribution in [0.3, 0.4) is 0 Å². The Morgan fingerprint density at radius 1 is 1.07 bits per heavy atom. The minimum Gasteiger partial charge on any atom is -0.383 e. The Labute approximate surface area is 179 Å². The van der Waals surface area contributed by atoms with E-state index in [1.165, 1.54) is 0 Å². The van der Waals surface area contributed by atoms with Crippen LogP contribution >= 0.6 is 0 Å². The summed E-state index contributed by atoms with van der Waals surface area (Å²) in [5, 5.41) is 0. The zero-order valence-corrected chi connectivity index (χ0v) is 18.8. The molecule has 162 valence electrons. The maximum absolute atomic E-state index is 13.0. The number of aromatic nitrogens is 1. The molecule has 0 radical (unpaired) electrons. The quantitative estimate of drug-likeness (QED) is 0.622. The van der Waals surface area contributed by atoms with Crippen molar-refractivity contribution in [3.05, 3.63) is 52.8 Å². The van der Waals surface area contributed by atoms with Crippen LogP contribution < -0.4 is 4.90 Å². The number of nitrogens with zero attached hydrogens (tertiary/aromatic N) is 3. The monoisotopic (exact) mass is 411 g/mol. The minimum atomic E-state index is 0.0841. The molecule has 6 heteroatoms. The van der Waals surface area contributed by atoms with Crippen LogP contribution in [0.2, 0.25) is 0 Å². The zero-order valence-electron chi connectivity index (χ0n) is 18.8. The van der Waals surface area contributed by atoms with Gasteiger partial charge in [-0.25, -0.2) is 0 Å². The fraction of sp³-hybridized carbons (Fsp3) is 0.500. The number of anilines is 1. The van der Waals surface area contributed by atoms with Gasteiger partial charge in [0.1, 0.15) is 0 Å². The number of aryl methyl sites for hydroxylation is 1. The molecule has 0 spiro atoms. The molecule has 2 aromatic rings. The van der Waals surface area contributed by atoms with Gasteiger partial charge in [-0.1, -0.05) is 0 Å². The molecule has 1 fully saturated rings. The number of carbonyl (C=O) groups is 2. The van der Waals surface area contributed by atoms with Crippen molar-refractivity contribution in [3.63, 3.8) is 0 Å². The molecule has 1 aromatic heterocycles. The number of piperazine rings is 1. The summed E-state index contributed by atoms with van der Waals surface area (Å²) >= 11 is 0. The van der Waals surface area contributed by atoms with Crippen LogP contribution in [-0.4, -0.2) is 67.5 Å². The summed E-state index contributed by atoms with van der Waals surface area (Å²) in [5.41, 5.74) is 4.80. The predicted octanol–water partition coefficient (Wildman–Crippen LogP) is 3.52. The van der Waals surface area contributed by atoms with Crippen molar-refractivity contribution in [2.24, 2.45) is 0 Å². The number of methoxy groups -OCH3 is 1. The van der Waals surface area contributed by atoms with E-state index in [1.807, 2.05) is 44.2 Å². The highest BCUT2D eigenvalue weighted by Gasteiger charge is 2.23. The number of hydrogen-bond acceptors (Lipinski definition) is 5. The number of Topliss-reactive ketones (excluding diaryl/α,β-unsaturated/α-hetero) is 2. The molecule has 1 aromatic carbocycles. The van der Waals surface area contributed by atoms with Gasteiger partial charge in [0, 0.05) is 61.5 Å². The third kappa shape index (κ3) is 4.82. The largest absolute Gasteiger partial charge is 0.383 e. The lowest BCUT2D eigenvalue weighted by molar-refractivity contribution is 0.0924. The van der Waals surface area contributed by atoms with E-state index < -0.39 is 0 Å². The normalized spacial score (nSPS) is 16.0. The second-order valence-corrected chi connectivity index (χ2v) is 8.25. The maximum Gasteiger partial charge on any atom is 0.178 e. The lowest BCUT2D eigenvalue weighted by Gasteiger charge is -2.35. The standard InChI is InChI=1S/C24H33N3O3/c1-17-14-23(19(3)27(17)18(2)16-30-5)24(29)15-25-10-12-26(13-11-25)22-8-6-21(7-9-22)20(4)28/h6-9,14,18H,10-13,15-16H2,1-5H3/t18-/m0/s1. The first-order valence-electron chi connectivity index (χ1n) is 10.6. The predicted molar refractivity (Wildman–Crippen MR) is 120 cm³/mol. The SMILES string of the molecule is COC[C@H](C)n1c(C)cc(C(=O)CN2CCN(c3ccc(C(C)=O)cc3)CC2)c1C. The van der Waals surface area contributed by atoms with Crippen LogP contribution in [0.1, 0.15) is 52.0 Å². The molecule has 0 bridgehead atoms. The first kappa shape index (κ1) is 22.2. The molecule has 0 saturated carbocycles. The average Bonchev–Trinajstić information content (AvgIpc) is 3.03. The Morgan fingerprint density at radius 2 is 1.70 bits per heavy atom. The number of benzene rings is 1. The lowest BCUT2D eigenvalue weighted by atomic mass is 10.1. The Morgan fingerprint density at radius 3 is 2.27 bits per heavy atom. The number of rotatable bonds is 8. The molecular formula is C24H33N3O3. The van der Waals surface area contributed by atoms with E-state index in [-0.39, 0.29) is 17.6 Å². The van der Waals surface area contributed by atoms with Crippen molar-refractivity contribution in [2.75, 3.05) is 51.3 Å². The molecule has 1 aliphatic rings. The Balaban J connectivity index is 1.59. The first-order chi connectivity index (χ1) is 14.3. The van der Waals surface area contributed by atoms with Crippen LogP contribution in [-0.2, 0) is 4.74 Å². The van der Waals surface area contributed by atoms with Crippen LogP contribution in [0.25, 0.3) is 0 Å². The van der Waals surface area contributed by atoms with Crippen molar-refractivity contribution >= 4 is 17.3 Å². The number of hydrogen-bond donors (Lipinski definition) is 0. The highest BCUT2D eigenvalue weighted by molar-refractivity contribution is 5.99. The van der Waals surface area contributed by atoms with E-state index in [0.29, 0.717) is 13.2 Å². The van der Waals surface area contributed by atoms with Crippen molar-refractivity contribution < 1.29 is 14.3 Å². The fourth-order valence-corrected chi connectivity index (χ4v) is 4.41. The molecule has 6 nitrogen and oxygen atoms in total. The van der Waals surface area contributed by atoms with Crippen molar-refractivity contribution in [2.45, 2.75) is 33.7 Å². The van der Waals surface area contributed by atoms with E-state index in [2.05, 4.69) is 21.3 Å². The van der Waals surface area contributed by atoms with Gasteiger partial charge in [-0.3, -0.25) is 14.5 Å². The number of ketones is 2. The van der Waals surface area contributed by atoms with Crippen LogP contribution in [0.4, 0.5) is 5.69 Å². The smallest absolute Gasteiger partial charge is 0.178 e. The van der Waals surface area contributed by atoms with E-state index in [4.69, 9.17) is 4.74 Å². The molecule has 0 N–H and O–H groups in total. The van der Waals surface area contributed by atoms with Gasteiger partial charge in [-0.05, 0) is 58.0 Å². The Hall–Kier alpha value is -2.44. The summed E-state index contributed by atoms with van der Waals surface area (Å²) in [6.45, 7) is 12.3. The van der Waals surface area contributed by atoms with Gasteiger partial charge in [-0.15, -0.1) is 0 Å². The van der Waals surface area contributed by atoms with E-state index in [1.54, 1.807) is 14.0 Å².